The molecule has 0 aliphatic carbocycles. The van der Waals surface area contributed by atoms with Gasteiger partial charge in [0.1, 0.15) is 0 Å². The maximum absolute atomic E-state index is 11.3. The molecule has 3 nitrogen and oxygen atoms in total. The number of ether oxygens (including phenoxy) is 2. The minimum absolute atomic E-state index is 0.302. The Morgan fingerprint density at radius 3 is 2.67 bits per heavy atom. The summed E-state index contributed by atoms with van der Waals surface area (Å²) >= 11 is 0. The normalized spacial score (nSPS) is 18.9. The lowest BCUT2D eigenvalue weighted by atomic mass is 10.0. The second-order valence-corrected chi connectivity index (χ2v) is 4.88. The van der Waals surface area contributed by atoms with Crippen molar-refractivity contribution >= 4 is 5.97 Å². The van der Waals surface area contributed by atoms with Crippen LogP contribution in [0.15, 0.2) is 42.0 Å². The standard InChI is InChI=1S/C15H18O3/c1-11(2)8-13-9-14(16)18-15(13)17-10-12-6-4-3-5-7-12/h3-7,9,11,15H,8,10H2,1-2H3. The van der Waals surface area contributed by atoms with Gasteiger partial charge in [0.05, 0.1) is 6.61 Å². The average molecular weight is 246 g/mol. The molecule has 0 amide bonds. The van der Waals surface area contributed by atoms with E-state index in [9.17, 15) is 4.79 Å². The third-order valence-electron chi connectivity index (χ3n) is 2.72. The Morgan fingerprint density at radius 2 is 2.00 bits per heavy atom. The Hall–Kier alpha value is -1.61. The van der Waals surface area contributed by atoms with Crippen LogP contribution in [-0.4, -0.2) is 12.3 Å². The molecule has 2 rings (SSSR count). The predicted molar refractivity (Wildman–Crippen MR) is 68.6 cm³/mol. The highest BCUT2D eigenvalue weighted by Crippen LogP contribution is 2.24. The van der Waals surface area contributed by atoms with Gasteiger partial charge in [-0.05, 0) is 17.9 Å². The second-order valence-electron chi connectivity index (χ2n) is 4.88. The van der Waals surface area contributed by atoms with E-state index in [0.29, 0.717) is 12.5 Å². The summed E-state index contributed by atoms with van der Waals surface area (Å²) in [6.07, 6.45) is 1.86. The molecule has 1 aliphatic heterocycles. The molecule has 0 fully saturated rings. The van der Waals surface area contributed by atoms with Gasteiger partial charge in [-0.2, -0.15) is 0 Å². The summed E-state index contributed by atoms with van der Waals surface area (Å²) in [7, 11) is 0. The minimum atomic E-state index is -0.514. The molecular weight excluding hydrogens is 228 g/mol. The first kappa shape index (κ1) is 12.8. The van der Waals surface area contributed by atoms with E-state index < -0.39 is 6.29 Å². The Kier molecular flexibility index (Phi) is 4.15. The molecule has 0 saturated heterocycles. The molecule has 1 heterocycles. The van der Waals surface area contributed by atoms with Crippen molar-refractivity contribution in [3.8, 4) is 0 Å². The summed E-state index contributed by atoms with van der Waals surface area (Å²) < 4.78 is 10.8. The van der Waals surface area contributed by atoms with Crippen molar-refractivity contribution < 1.29 is 14.3 Å². The zero-order chi connectivity index (χ0) is 13.0. The van der Waals surface area contributed by atoms with Crippen molar-refractivity contribution in [3.05, 3.63) is 47.5 Å². The fraction of sp³-hybridized carbons (Fsp3) is 0.400. The summed E-state index contributed by atoms with van der Waals surface area (Å²) in [5.41, 5.74) is 2.01. The first-order valence-electron chi connectivity index (χ1n) is 6.22. The Labute approximate surface area is 107 Å². The molecular formula is C15H18O3. The van der Waals surface area contributed by atoms with Crippen molar-refractivity contribution in [2.24, 2.45) is 5.92 Å². The molecule has 0 spiro atoms. The van der Waals surface area contributed by atoms with Crippen LogP contribution in [0.5, 0.6) is 0 Å². The fourth-order valence-corrected chi connectivity index (χ4v) is 1.95. The van der Waals surface area contributed by atoms with Crippen LogP contribution in [0.3, 0.4) is 0 Å². The first-order valence-corrected chi connectivity index (χ1v) is 6.22. The van der Waals surface area contributed by atoms with Crippen LogP contribution in [0.4, 0.5) is 0 Å². The van der Waals surface area contributed by atoms with E-state index in [1.807, 2.05) is 30.3 Å². The fourth-order valence-electron chi connectivity index (χ4n) is 1.95. The van der Waals surface area contributed by atoms with Crippen LogP contribution in [0.1, 0.15) is 25.8 Å². The molecule has 0 aromatic heterocycles. The lowest BCUT2D eigenvalue weighted by Gasteiger charge is -2.16. The van der Waals surface area contributed by atoms with Gasteiger partial charge in [-0.1, -0.05) is 44.2 Å². The number of carbonyl (C=O) groups excluding carboxylic acids is 1. The van der Waals surface area contributed by atoms with Crippen molar-refractivity contribution in [2.75, 3.05) is 0 Å². The quantitative estimate of drug-likeness (QED) is 0.749. The Balaban J connectivity index is 1.93. The van der Waals surface area contributed by atoms with E-state index in [1.165, 1.54) is 0 Å². The number of esters is 1. The van der Waals surface area contributed by atoms with Gasteiger partial charge in [0, 0.05) is 11.6 Å². The van der Waals surface area contributed by atoms with Gasteiger partial charge in [0.15, 0.2) is 0 Å². The lowest BCUT2D eigenvalue weighted by Crippen LogP contribution is -2.17. The third-order valence-corrected chi connectivity index (χ3v) is 2.72. The molecule has 1 aromatic carbocycles. The van der Waals surface area contributed by atoms with Gasteiger partial charge < -0.3 is 9.47 Å². The van der Waals surface area contributed by atoms with Crippen LogP contribution in [0.25, 0.3) is 0 Å². The number of hydrogen-bond acceptors (Lipinski definition) is 3. The molecule has 3 heteroatoms. The highest BCUT2D eigenvalue weighted by molar-refractivity contribution is 5.85. The monoisotopic (exact) mass is 246 g/mol. The lowest BCUT2D eigenvalue weighted by molar-refractivity contribution is -0.161. The molecule has 96 valence electrons. The molecule has 0 saturated carbocycles. The largest absolute Gasteiger partial charge is 0.428 e. The first-order chi connectivity index (χ1) is 8.65. The summed E-state index contributed by atoms with van der Waals surface area (Å²) in [6.45, 7) is 4.67. The van der Waals surface area contributed by atoms with Gasteiger partial charge in [-0.3, -0.25) is 0 Å². The zero-order valence-electron chi connectivity index (χ0n) is 10.8. The number of hydrogen-bond donors (Lipinski definition) is 0. The van der Waals surface area contributed by atoms with E-state index in [4.69, 9.17) is 9.47 Å². The number of benzene rings is 1. The third kappa shape index (κ3) is 3.44. The van der Waals surface area contributed by atoms with E-state index >= 15 is 0 Å². The molecule has 1 aromatic rings. The molecule has 1 aliphatic rings. The average Bonchev–Trinajstić information content (AvgIpc) is 2.67. The van der Waals surface area contributed by atoms with E-state index in [2.05, 4.69) is 13.8 Å². The second kappa shape index (κ2) is 5.83. The van der Waals surface area contributed by atoms with Crippen LogP contribution in [0, 0.1) is 5.92 Å². The maximum Gasteiger partial charge on any atom is 0.333 e. The topological polar surface area (TPSA) is 35.5 Å². The van der Waals surface area contributed by atoms with Crippen molar-refractivity contribution in [2.45, 2.75) is 33.2 Å². The molecule has 0 radical (unpaired) electrons. The summed E-state index contributed by atoms with van der Waals surface area (Å²) in [5, 5.41) is 0. The SMILES string of the molecule is CC(C)CC1=CC(=O)OC1OCc1ccccc1. The highest BCUT2D eigenvalue weighted by atomic mass is 16.7. The molecule has 0 N–H and O–H groups in total. The zero-order valence-corrected chi connectivity index (χ0v) is 10.8. The number of carbonyl (C=O) groups is 1. The van der Waals surface area contributed by atoms with Crippen LogP contribution in [0.2, 0.25) is 0 Å². The van der Waals surface area contributed by atoms with Crippen molar-refractivity contribution in [3.63, 3.8) is 0 Å². The van der Waals surface area contributed by atoms with Gasteiger partial charge in [-0.25, -0.2) is 4.79 Å². The van der Waals surface area contributed by atoms with Gasteiger partial charge >= 0.3 is 5.97 Å². The summed E-state index contributed by atoms with van der Waals surface area (Å²) in [6, 6.07) is 9.86. The van der Waals surface area contributed by atoms with Crippen LogP contribution < -0.4 is 0 Å². The number of rotatable bonds is 5. The smallest absolute Gasteiger partial charge is 0.333 e. The highest BCUT2D eigenvalue weighted by Gasteiger charge is 2.27. The maximum atomic E-state index is 11.3. The van der Waals surface area contributed by atoms with E-state index in [0.717, 1.165) is 17.6 Å². The van der Waals surface area contributed by atoms with Crippen LogP contribution in [-0.2, 0) is 20.9 Å². The van der Waals surface area contributed by atoms with Gasteiger partial charge in [0.25, 0.3) is 0 Å². The Morgan fingerprint density at radius 1 is 1.28 bits per heavy atom. The molecule has 1 atom stereocenters. The van der Waals surface area contributed by atoms with E-state index in [1.54, 1.807) is 6.08 Å². The van der Waals surface area contributed by atoms with E-state index in [-0.39, 0.29) is 5.97 Å². The molecule has 1 unspecified atom stereocenters. The summed E-state index contributed by atoms with van der Waals surface area (Å²) in [5.74, 6) is 0.178. The molecule has 0 bridgehead atoms. The van der Waals surface area contributed by atoms with Gasteiger partial charge in [-0.15, -0.1) is 0 Å². The van der Waals surface area contributed by atoms with Gasteiger partial charge in [0.2, 0.25) is 6.29 Å². The Bertz CT molecular complexity index is 434. The number of cyclic esters (lactones) is 1. The minimum Gasteiger partial charge on any atom is -0.428 e. The van der Waals surface area contributed by atoms with Crippen LogP contribution >= 0.6 is 0 Å². The summed E-state index contributed by atoms with van der Waals surface area (Å²) in [4.78, 5) is 11.3. The molecule has 18 heavy (non-hydrogen) atoms. The van der Waals surface area contributed by atoms with Crippen molar-refractivity contribution in [1.29, 1.82) is 0 Å². The predicted octanol–water partition coefficient (Wildman–Crippen LogP) is 3.06. The van der Waals surface area contributed by atoms with Crippen molar-refractivity contribution in [1.82, 2.24) is 0 Å².